The second-order valence-electron chi connectivity index (χ2n) is 6.06. The molecule has 3 rings (SSSR count). The Bertz CT molecular complexity index is 761. The molecule has 1 atom stereocenters. The van der Waals surface area contributed by atoms with Crippen LogP contribution in [0.2, 0.25) is 10.0 Å². The number of carbonyl (C=O) groups is 1. The highest BCUT2D eigenvalue weighted by atomic mass is 35.5. The van der Waals surface area contributed by atoms with E-state index in [0.29, 0.717) is 34.9 Å². The Balaban J connectivity index is 2.09. The number of halogens is 2. The number of hydrogen-bond acceptors (Lipinski definition) is 4. The monoisotopic (exact) mass is 368 g/mol. The number of carbonyl (C=O) groups excluding carboxylic acids is 1. The van der Waals surface area contributed by atoms with Gasteiger partial charge in [0.2, 0.25) is 0 Å². The molecule has 128 valence electrons. The summed E-state index contributed by atoms with van der Waals surface area (Å²) in [5.41, 5.74) is 6.26. The van der Waals surface area contributed by atoms with Gasteiger partial charge in [0.05, 0.1) is 5.02 Å². The number of amidine groups is 1. The Labute approximate surface area is 150 Å². The molecule has 0 radical (unpaired) electrons. The van der Waals surface area contributed by atoms with Crippen LogP contribution in [0, 0.1) is 5.41 Å². The van der Waals surface area contributed by atoms with Crippen LogP contribution in [0.5, 0.6) is 11.5 Å². The average molecular weight is 369 g/mol. The van der Waals surface area contributed by atoms with Crippen LogP contribution < -0.4 is 15.2 Å². The number of benzene rings is 1. The lowest BCUT2D eigenvalue weighted by Crippen LogP contribution is -2.36. The average Bonchev–Trinajstić information content (AvgIpc) is 2.83. The second-order valence-corrected chi connectivity index (χ2v) is 6.82. The van der Waals surface area contributed by atoms with Crippen molar-refractivity contribution in [3.05, 3.63) is 27.8 Å². The SMILES string of the molecule is CCC[C@]12CCC(=O)C=C1c1c(cc(OCC(=N)N)c(Cl)c1Cl)O2. The molecular formula is C17H18Cl2N2O3. The summed E-state index contributed by atoms with van der Waals surface area (Å²) in [4.78, 5) is 11.9. The zero-order valence-electron chi connectivity index (χ0n) is 13.2. The minimum absolute atomic E-state index is 0.0669. The summed E-state index contributed by atoms with van der Waals surface area (Å²) >= 11 is 12.8. The molecule has 0 unspecified atom stereocenters. The predicted octanol–water partition coefficient (Wildman–Crippen LogP) is 3.99. The molecule has 0 saturated heterocycles. The van der Waals surface area contributed by atoms with E-state index in [0.717, 1.165) is 18.4 Å². The molecule has 1 aromatic carbocycles. The number of nitrogens with two attached hydrogens (primary N) is 1. The van der Waals surface area contributed by atoms with Gasteiger partial charge in [-0.15, -0.1) is 0 Å². The molecule has 0 saturated carbocycles. The zero-order chi connectivity index (χ0) is 17.5. The van der Waals surface area contributed by atoms with E-state index in [1.807, 2.05) is 0 Å². The van der Waals surface area contributed by atoms with Gasteiger partial charge in [-0.25, -0.2) is 0 Å². The highest BCUT2D eigenvalue weighted by Gasteiger charge is 2.47. The molecular weight excluding hydrogens is 351 g/mol. The van der Waals surface area contributed by atoms with Crippen molar-refractivity contribution in [2.24, 2.45) is 5.73 Å². The van der Waals surface area contributed by atoms with E-state index in [1.165, 1.54) is 0 Å². The Kier molecular flexibility index (Phi) is 4.49. The highest BCUT2D eigenvalue weighted by Crippen LogP contribution is 2.56. The first-order valence-electron chi connectivity index (χ1n) is 7.80. The summed E-state index contributed by atoms with van der Waals surface area (Å²) in [6.45, 7) is 1.99. The number of rotatable bonds is 5. The Morgan fingerprint density at radius 2 is 2.21 bits per heavy atom. The summed E-state index contributed by atoms with van der Waals surface area (Å²) in [5, 5.41) is 7.79. The third kappa shape index (κ3) is 2.76. The Hall–Kier alpha value is -1.72. The largest absolute Gasteiger partial charge is 0.484 e. The number of allylic oxidation sites excluding steroid dienone is 1. The molecule has 1 aromatic rings. The van der Waals surface area contributed by atoms with Crippen LogP contribution in [0.25, 0.3) is 5.57 Å². The van der Waals surface area contributed by atoms with Crippen LogP contribution in [-0.2, 0) is 4.79 Å². The van der Waals surface area contributed by atoms with E-state index in [2.05, 4.69) is 6.92 Å². The number of fused-ring (bicyclic) bond motifs is 3. The van der Waals surface area contributed by atoms with E-state index in [1.54, 1.807) is 12.1 Å². The molecule has 5 nitrogen and oxygen atoms in total. The van der Waals surface area contributed by atoms with Gasteiger partial charge in [0.15, 0.2) is 5.78 Å². The van der Waals surface area contributed by atoms with Crippen molar-refractivity contribution < 1.29 is 14.3 Å². The lowest BCUT2D eigenvalue weighted by Gasteiger charge is -2.32. The first-order chi connectivity index (χ1) is 11.4. The van der Waals surface area contributed by atoms with Crippen molar-refractivity contribution in [1.82, 2.24) is 0 Å². The van der Waals surface area contributed by atoms with Gasteiger partial charge in [0.25, 0.3) is 0 Å². The molecule has 0 bridgehead atoms. The quantitative estimate of drug-likeness (QED) is 0.607. The van der Waals surface area contributed by atoms with Crippen molar-refractivity contribution in [3.8, 4) is 11.5 Å². The molecule has 24 heavy (non-hydrogen) atoms. The summed E-state index contributed by atoms with van der Waals surface area (Å²) in [5.74, 6) is 0.815. The van der Waals surface area contributed by atoms with E-state index < -0.39 is 5.60 Å². The summed E-state index contributed by atoms with van der Waals surface area (Å²) in [6.07, 6.45) is 4.41. The highest BCUT2D eigenvalue weighted by molar-refractivity contribution is 6.44. The number of hydrogen-bond donors (Lipinski definition) is 2. The molecule has 2 aliphatic rings. The molecule has 1 aliphatic heterocycles. The van der Waals surface area contributed by atoms with Gasteiger partial charge in [0.1, 0.15) is 34.6 Å². The van der Waals surface area contributed by atoms with Crippen molar-refractivity contribution in [2.75, 3.05) is 6.61 Å². The summed E-state index contributed by atoms with van der Waals surface area (Å²) in [6, 6.07) is 1.66. The summed E-state index contributed by atoms with van der Waals surface area (Å²) < 4.78 is 11.7. The van der Waals surface area contributed by atoms with Crippen molar-refractivity contribution in [2.45, 2.75) is 38.2 Å². The van der Waals surface area contributed by atoms with Gasteiger partial charge in [-0.1, -0.05) is 36.5 Å². The Morgan fingerprint density at radius 1 is 1.46 bits per heavy atom. The fraction of sp³-hybridized carbons (Fsp3) is 0.412. The molecule has 3 N–H and O–H groups in total. The third-order valence-corrected chi connectivity index (χ3v) is 5.17. The minimum Gasteiger partial charge on any atom is -0.484 e. The molecule has 0 fully saturated rings. The smallest absolute Gasteiger partial charge is 0.156 e. The molecule has 0 aromatic heterocycles. The maximum atomic E-state index is 11.9. The van der Waals surface area contributed by atoms with Gasteiger partial charge >= 0.3 is 0 Å². The first-order valence-corrected chi connectivity index (χ1v) is 8.55. The zero-order valence-corrected chi connectivity index (χ0v) is 14.8. The topological polar surface area (TPSA) is 85.4 Å². The fourth-order valence-corrected chi connectivity index (χ4v) is 3.82. The van der Waals surface area contributed by atoms with Crippen molar-refractivity contribution >= 4 is 40.4 Å². The van der Waals surface area contributed by atoms with Gasteiger partial charge in [0, 0.05) is 23.6 Å². The molecule has 1 heterocycles. The fourth-order valence-electron chi connectivity index (χ4n) is 3.33. The second kappa shape index (κ2) is 6.30. The maximum absolute atomic E-state index is 11.9. The van der Waals surface area contributed by atoms with E-state index in [-0.39, 0.29) is 23.2 Å². The van der Waals surface area contributed by atoms with Crippen LogP contribution in [0.4, 0.5) is 0 Å². The third-order valence-electron chi connectivity index (χ3n) is 4.32. The number of ketones is 1. The van der Waals surface area contributed by atoms with Gasteiger partial charge in [-0.3, -0.25) is 10.2 Å². The van der Waals surface area contributed by atoms with Gasteiger partial charge < -0.3 is 15.2 Å². The van der Waals surface area contributed by atoms with Gasteiger partial charge in [-0.2, -0.15) is 0 Å². The first kappa shape index (κ1) is 17.1. The predicted molar refractivity (Wildman–Crippen MR) is 94.4 cm³/mol. The van der Waals surface area contributed by atoms with Crippen LogP contribution >= 0.6 is 23.2 Å². The van der Waals surface area contributed by atoms with Crippen LogP contribution in [0.15, 0.2) is 12.1 Å². The molecule has 0 spiro atoms. The Morgan fingerprint density at radius 3 is 2.88 bits per heavy atom. The standard InChI is InChI=1S/C17H18Cl2N2O3/c1-2-4-17-5-3-9(22)6-10(17)14-11(24-17)7-12(15(18)16(14)19)23-8-13(20)21/h6-7H,2-5,8H2,1H3,(H3,20,21)/t17-/m0/s1. The normalized spacial score (nSPS) is 21.6. The molecule has 1 aliphatic carbocycles. The lowest BCUT2D eigenvalue weighted by molar-refractivity contribution is -0.115. The molecule has 7 heteroatoms. The van der Waals surface area contributed by atoms with Gasteiger partial charge in [-0.05, 0) is 18.9 Å². The summed E-state index contributed by atoms with van der Waals surface area (Å²) in [7, 11) is 0. The van der Waals surface area contributed by atoms with Crippen molar-refractivity contribution in [1.29, 1.82) is 5.41 Å². The molecule has 0 amide bonds. The van der Waals surface area contributed by atoms with Crippen LogP contribution in [-0.4, -0.2) is 23.8 Å². The van der Waals surface area contributed by atoms with Crippen LogP contribution in [0.1, 0.15) is 38.2 Å². The number of ether oxygens (including phenoxy) is 2. The van der Waals surface area contributed by atoms with Crippen LogP contribution in [0.3, 0.4) is 0 Å². The minimum atomic E-state index is -0.531. The number of nitrogens with one attached hydrogen (secondary N) is 1. The maximum Gasteiger partial charge on any atom is 0.156 e. The van der Waals surface area contributed by atoms with E-state index >= 15 is 0 Å². The van der Waals surface area contributed by atoms with E-state index in [4.69, 9.17) is 43.8 Å². The van der Waals surface area contributed by atoms with Crippen molar-refractivity contribution in [3.63, 3.8) is 0 Å². The lowest BCUT2D eigenvalue weighted by atomic mass is 9.78. The van der Waals surface area contributed by atoms with E-state index in [9.17, 15) is 4.79 Å².